The van der Waals surface area contributed by atoms with Gasteiger partial charge in [-0.3, -0.25) is 4.79 Å². The molecule has 0 saturated carbocycles. The minimum atomic E-state index is -0.351. The normalized spacial score (nSPS) is 10.8. The summed E-state index contributed by atoms with van der Waals surface area (Å²) in [5, 5.41) is 0. The third-order valence-corrected chi connectivity index (χ3v) is 4.27. The van der Waals surface area contributed by atoms with Gasteiger partial charge in [0.15, 0.2) is 0 Å². The molecule has 1 aromatic carbocycles. The molecule has 0 unspecified atom stereocenters. The minimum Gasteiger partial charge on any atom is -0.494 e. The summed E-state index contributed by atoms with van der Waals surface area (Å²) in [5.74, 6) is 0.785. The molecule has 3 nitrogen and oxygen atoms in total. The lowest BCUT2D eigenvalue weighted by molar-refractivity contribution is 0.100. The van der Waals surface area contributed by atoms with E-state index in [0.717, 1.165) is 21.8 Å². The van der Waals surface area contributed by atoms with E-state index in [9.17, 15) is 4.79 Å². The molecular weight excluding hydrogens is 270 g/mol. The van der Waals surface area contributed by atoms with E-state index in [2.05, 4.69) is 19.9 Å². The number of carbonyl (C=O) groups is 1. The number of carbonyl (C=O) groups excluding carboxylic acids is 1. The van der Waals surface area contributed by atoms with Crippen molar-refractivity contribution in [2.45, 2.75) is 26.7 Å². The maximum Gasteiger partial charge on any atom is 0.259 e. The second-order valence-corrected chi connectivity index (χ2v) is 5.92. The standard InChI is InChI=1S/C16H19NO2S/c1-4-19-12-7-5-11(6-8-12)14-9-13(10(2)3)15(20-14)16(17)18/h5-10H,4H2,1-3H3,(H2,17,18). The molecule has 0 saturated heterocycles. The Labute approximate surface area is 123 Å². The van der Waals surface area contributed by atoms with Gasteiger partial charge in [0, 0.05) is 4.88 Å². The van der Waals surface area contributed by atoms with E-state index >= 15 is 0 Å². The maximum absolute atomic E-state index is 11.5. The van der Waals surface area contributed by atoms with Gasteiger partial charge in [-0.1, -0.05) is 13.8 Å². The summed E-state index contributed by atoms with van der Waals surface area (Å²) in [5.41, 5.74) is 7.56. The predicted molar refractivity (Wildman–Crippen MR) is 83.5 cm³/mol. The highest BCUT2D eigenvalue weighted by molar-refractivity contribution is 7.17. The van der Waals surface area contributed by atoms with Gasteiger partial charge in [-0.05, 0) is 54.3 Å². The Balaban J connectivity index is 2.37. The van der Waals surface area contributed by atoms with E-state index in [0.29, 0.717) is 11.5 Å². The van der Waals surface area contributed by atoms with Gasteiger partial charge in [-0.25, -0.2) is 0 Å². The zero-order valence-corrected chi connectivity index (χ0v) is 12.8. The molecule has 0 spiro atoms. The molecular formula is C16H19NO2S. The molecule has 0 aliphatic carbocycles. The Kier molecular flexibility index (Phi) is 4.45. The number of hydrogen-bond donors (Lipinski definition) is 1. The molecule has 0 radical (unpaired) electrons. The fourth-order valence-corrected chi connectivity index (χ4v) is 3.22. The first-order chi connectivity index (χ1) is 9.52. The molecule has 1 aromatic heterocycles. The number of thiophene rings is 1. The number of primary amides is 1. The minimum absolute atomic E-state index is 0.283. The molecule has 106 valence electrons. The fraction of sp³-hybridized carbons (Fsp3) is 0.312. The van der Waals surface area contributed by atoms with Crippen molar-refractivity contribution >= 4 is 17.2 Å². The lowest BCUT2D eigenvalue weighted by Crippen LogP contribution is -2.11. The van der Waals surface area contributed by atoms with Crippen LogP contribution in [-0.2, 0) is 0 Å². The van der Waals surface area contributed by atoms with Crippen molar-refractivity contribution in [1.82, 2.24) is 0 Å². The molecule has 2 rings (SSSR count). The van der Waals surface area contributed by atoms with Gasteiger partial charge in [0.1, 0.15) is 5.75 Å². The van der Waals surface area contributed by atoms with Gasteiger partial charge in [-0.15, -0.1) is 11.3 Å². The first kappa shape index (κ1) is 14.6. The van der Waals surface area contributed by atoms with Gasteiger partial charge in [0.05, 0.1) is 11.5 Å². The fourth-order valence-electron chi connectivity index (χ4n) is 2.05. The van der Waals surface area contributed by atoms with Crippen LogP contribution in [0.2, 0.25) is 0 Å². The lowest BCUT2D eigenvalue weighted by Gasteiger charge is -2.03. The van der Waals surface area contributed by atoms with E-state index in [1.807, 2.05) is 31.2 Å². The van der Waals surface area contributed by atoms with Crippen molar-refractivity contribution in [3.8, 4) is 16.2 Å². The van der Waals surface area contributed by atoms with Crippen LogP contribution in [0.4, 0.5) is 0 Å². The van der Waals surface area contributed by atoms with Crippen LogP contribution in [0.1, 0.15) is 41.9 Å². The largest absolute Gasteiger partial charge is 0.494 e. The molecule has 1 amide bonds. The summed E-state index contributed by atoms with van der Waals surface area (Å²) in [4.78, 5) is 13.2. The summed E-state index contributed by atoms with van der Waals surface area (Å²) in [6.07, 6.45) is 0. The molecule has 4 heteroatoms. The van der Waals surface area contributed by atoms with Crippen molar-refractivity contribution in [2.75, 3.05) is 6.61 Å². The van der Waals surface area contributed by atoms with Gasteiger partial charge in [-0.2, -0.15) is 0 Å². The second-order valence-electron chi connectivity index (χ2n) is 4.87. The van der Waals surface area contributed by atoms with Gasteiger partial charge < -0.3 is 10.5 Å². The monoisotopic (exact) mass is 289 g/mol. The zero-order valence-electron chi connectivity index (χ0n) is 12.0. The molecule has 0 bridgehead atoms. The Morgan fingerprint density at radius 2 is 1.95 bits per heavy atom. The molecule has 1 heterocycles. The molecule has 0 aliphatic rings. The van der Waals surface area contributed by atoms with Crippen LogP contribution in [0.3, 0.4) is 0 Å². The highest BCUT2D eigenvalue weighted by Gasteiger charge is 2.16. The van der Waals surface area contributed by atoms with Crippen LogP contribution < -0.4 is 10.5 Å². The van der Waals surface area contributed by atoms with Crippen LogP contribution in [0.25, 0.3) is 10.4 Å². The number of amides is 1. The number of benzene rings is 1. The first-order valence-corrected chi connectivity index (χ1v) is 7.51. The Morgan fingerprint density at radius 1 is 1.30 bits per heavy atom. The van der Waals surface area contributed by atoms with Crippen LogP contribution in [0, 0.1) is 0 Å². The van der Waals surface area contributed by atoms with Crippen LogP contribution in [0.5, 0.6) is 5.75 Å². The lowest BCUT2D eigenvalue weighted by atomic mass is 10.0. The Hall–Kier alpha value is -1.81. The van der Waals surface area contributed by atoms with E-state index in [4.69, 9.17) is 10.5 Å². The van der Waals surface area contributed by atoms with Crippen LogP contribution in [-0.4, -0.2) is 12.5 Å². The third kappa shape index (κ3) is 3.02. The van der Waals surface area contributed by atoms with E-state index in [1.165, 1.54) is 11.3 Å². The Bertz CT molecular complexity index is 599. The molecule has 2 aromatic rings. The molecule has 0 aliphatic heterocycles. The average molecular weight is 289 g/mol. The third-order valence-electron chi connectivity index (χ3n) is 3.06. The summed E-state index contributed by atoms with van der Waals surface area (Å²) in [6, 6.07) is 9.96. The SMILES string of the molecule is CCOc1ccc(-c2cc(C(C)C)c(C(N)=O)s2)cc1. The molecule has 2 N–H and O–H groups in total. The van der Waals surface area contributed by atoms with Crippen LogP contribution >= 0.6 is 11.3 Å². The number of hydrogen-bond acceptors (Lipinski definition) is 3. The second kappa shape index (κ2) is 6.09. The molecule has 0 atom stereocenters. The topological polar surface area (TPSA) is 52.3 Å². The summed E-state index contributed by atoms with van der Waals surface area (Å²) in [6.45, 7) is 6.75. The maximum atomic E-state index is 11.5. The van der Waals surface area contributed by atoms with E-state index in [-0.39, 0.29) is 11.8 Å². The first-order valence-electron chi connectivity index (χ1n) is 6.69. The predicted octanol–water partition coefficient (Wildman–Crippen LogP) is 4.04. The summed E-state index contributed by atoms with van der Waals surface area (Å²) >= 11 is 1.45. The van der Waals surface area contributed by atoms with Gasteiger partial charge in [0.2, 0.25) is 0 Å². The smallest absolute Gasteiger partial charge is 0.259 e. The van der Waals surface area contributed by atoms with Crippen molar-refractivity contribution in [1.29, 1.82) is 0 Å². The molecule has 0 fully saturated rings. The number of rotatable bonds is 5. The van der Waals surface area contributed by atoms with Crippen molar-refractivity contribution in [2.24, 2.45) is 5.73 Å². The number of nitrogens with two attached hydrogens (primary N) is 1. The van der Waals surface area contributed by atoms with Crippen molar-refractivity contribution < 1.29 is 9.53 Å². The quantitative estimate of drug-likeness (QED) is 0.903. The van der Waals surface area contributed by atoms with E-state index < -0.39 is 0 Å². The number of ether oxygens (including phenoxy) is 1. The average Bonchev–Trinajstić information content (AvgIpc) is 2.85. The zero-order chi connectivity index (χ0) is 14.7. The van der Waals surface area contributed by atoms with Gasteiger partial charge in [0.25, 0.3) is 5.91 Å². The highest BCUT2D eigenvalue weighted by atomic mass is 32.1. The summed E-state index contributed by atoms with van der Waals surface area (Å²) < 4.78 is 5.43. The van der Waals surface area contributed by atoms with Crippen molar-refractivity contribution in [3.63, 3.8) is 0 Å². The van der Waals surface area contributed by atoms with Gasteiger partial charge >= 0.3 is 0 Å². The summed E-state index contributed by atoms with van der Waals surface area (Å²) in [7, 11) is 0. The Morgan fingerprint density at radius 3 is 2.40 bits per heavy atom. The molecule has 20 heavy (non-hydrogen) atoms. The van der Waals surface area contributed by atoms with E-state index in [1.54, 1.807) is 0 Å². The van der Waals surface area contributed by atoms with Crippen LogP contribution in [0.15, 0.2) is 30.3 Å². The highest BCUT2D eigenvalue weighted by Crippen LogP contribution is 2.35. The van der Waals surface area contributed by atoms with Crippen molar-refractivity contribution in [3.05, 3.63) is 40.8 Å².